The molecule has 1 heterocycles. The Balaban J connectivity index is 1.90. The predicted octanol–water partition coefficient (Wildman–Crippen LogP) is 4.03. The minimum absolute atomic E-state index is 0.0962. The highest BCUT2D eigenvalue weighted by Crippen LogP contribution is 2.27. The van der Waals surface area contributed by atoms with Crippen molar-refractivity contribution in [1.82, 2.24) is 4.31 Å². The Labute approximate surface area is 176 Å². The Bertz CT molecular complexity index is 1070. The second-order valence-corrected chi connectivity index (χ2v) is 9.37. The van der Waals surface area contributed by atoms with Gasteiger partial charge < -0.3 is 5.32 Å². The van der Waals surface area contributed by atoms with E-state index in [1.807, 2.05) is 0 Å². The number of benzene rings is 2. The number of nitro groups is 1. The number of rotatable bonds is 5. The molecule has 0 aromatic heterocycles. The van der Waals surface area contributed by atoms with Crippen LogP contribution in [0.1, 0.15) is 47.2 Å². The minimum atomic E-state index is -3.71. The standard InChI is InChI=1S/C21H25N3O5S/c1-15-10-11-17(14-20(15)30(28,29)23-12-5-3-4-6-13-23)21(25)22-18-8-7-9-19(16(18)2)24(26)27/h7-11,14H,3-6,12-13H2,1-2H3,(H,22,25). The average Bonchev–Trinajstić information content (AvgIpc) is 2.99. The molecule has 1 aliphatic heterocycles. The van der Waals surface area contributed by atoms with Crippen molar-refractivity contribution in [2.24, 2.45) is 0 Å². The lowest BCUT2D eigenvalue weighted by Crippen LogP contribution is -2.32. The molecule has 2 aromatic rings. The van der Waals surface area contributed by atoms with Gasteiger partial charge in [0.2, 0.25) is 10.0 Å². The molecule has 3 rings (SSSR count). The lowest BCUT2D eigenvalue weighted by molar-refractivity contribution is -0.385. The van der Waals surface area contributed by atoms with Crippen LogP contribution in [0, 0.1) is 24.0 Å². The summed E-state index contributed by atoms with van der Waals surface area (Å²) in [5.74, 6) is -0.522. The van der Waals surface area contributed by atoms with E-state index >= 15 is 0 Å². The van der Waals surface area contributed by atoms with E-state index in [2.05, 4.69) is 5.32 Å². The van der Waals surface area contributed by atoms with E-state index in [-0.39, 0.29) is 16.1 Å². The van der Waals surface area contributed by atoms with Crippen LogP contribution in [0.4, 0.5) is 11.4 Å². The first-order valence-electron chi connectivity index (χ1n) is 9.88. The monoisotopic (exact) mass is 431 g/mol. The fourth-order valence-corrected chi connectivity index (χ4v) is 5.36. The third-order valence-corrected chi connectivity index (χ3v) is 7.42. The molecular weight excluding hydrogens is 406 g/mol. The maximum Gasteiger partial charge on any atom is 0.274 e. The molecule has 0 radical (unpaired) electrons. The number of nitrogens with one attached hydrogen (secondary N) is 1. The number of carbonyl (C=O) groups is 1. The van der Waals surface area contributed by atoms with Crippen LogP contribution in [0.2, 0.25) is 0 Å². The molecule has 1 saturated heterocycles. The Kier molecular flexibility index (Phi) is 6.52. The highest BCUT2D eigenvalue weighted by Gasteiger charge is 2.27. The van der Waals surface area contributed by atoms with Gasteiger partial charge in [-0.2, -0.15) is 4.31 Å². The van der Waals surface area contributed by atoms with E-state index < -0.39 is 20.9 Å². The second-order valence-electron chi connectivity index (χ2n) is 7.46. The number of sulfonamides is 1. The average molecular weight is 432 g/mol. The summed E-state index contributed by atoms with van der Waals surface area (Å²) >= 11 is 0. The summed E-state index contributed by atoms with van der Waals surface area (Å²) in [7, 11) is -3.71. The number of carbonyl (C=O) groups excluding carboxylic acids is 1. The van der Waals surface area contributed by atoms with E-state index in [1.54, 1.807) is 32.0 Å². The lowest BCUT2D eigenvalue weighted by atomic mass is 10.1. The van der Waals surface area contributed by atoms with Crippen LogP contribution in [-0.4, -0.2) is 36.6 Å². The van der Waals surface area contributed by atoms with Crippen molar-refractivity contribution in [1.29, 1.82) is 0 Å². The summed E-state index contributed by atoms with van der Waals surface area (Å²) < 4.78 is 27.9. The fourth-order valence-electron chi connectivity index (χ4n) is 3.59. The number of anilines is 1. The van der Waals surface area contributed by atoms with Crippen LogP contribution in [-0.2, 0) is 10.0 Å². The van der Waals surface area contributed by atoms with Crippen molar-refractivity contribution in [3.8, 4) is 0 Å². The molecule has 9 heteroatoms. The van der Waals surface area contributed by atoms with Gasteiger partial charge in [0.1, 0.15) is 0 Å². The van der Waals surface area contributed by atoms with Crippen LogP contribution >= 0.6 is 0 Å². The molecule has 0 bridgehead atoms. The highest BCUT2D eigenvalue weighted by molar-refractivity contribution is 7.89. The molecule has 1 amide bonds. The second kappa shape index (κ2) is 8.93. The zero-order chi connectivity index (χ0) is 21.9. The SMILES string of the molecule is Cc1ccc(C(=O)Nc2cccc([N+](=O)[O-])c2C)cc1S(=O)(=O)N1CCCCCC1. The topological polar surface area (TPSA) is 110 Å². The van der Waals surface area contributed by atoms with Crippen LogP contribution < -0.4 is 5.32 Å². The first-order chi connectivity index (χ1) is 14.2. The molecule has 1 aliphatic rings. The third kappa shape index (κ3) is 4.52. The van der Waals surface area contributed by atoms with Crippen molar-refractivity contribution in [3.05, 3.63) is 63.2 Å². The number of aryl methyl sites for hydroxylation is 1. The zero-order valence-corrected chi connectivity index (χ0v) is 17.9. The van der Waals surface area contributed by atoms with Gasteiger partial charge in [-0.3, -0.25) is 14.9 Å². The van der Waals surface area contributed by atoms with Crippen molar-refractivity contribution in [2.75, 3.05) is 18.4 Å². The van der Waals surface area contributed by atoms with Gasteiger partial charge in [-0.25, -0.2) is 8.42 Å². The molecule has 0 saturated carbocycles. The van der Waals surface area contributed by atoms with Crippen molar-refractivity contribution < 1.29 is 18.1 Å². The smallest absolute Gasteiger partial charge is 0.274 e. The quantitative estimate of drug-likeness (QED) is 0.568. The largest absolute Gasteiger partial charge is 0.321 e. The van der Waals surface area contributed by atoms with E-state index in [1.165, 1.54) is 22.5 Å². The van der Waals surface area contributed by atoms with Gasteiger partial charge in [0, 0.05) is 24.7 Å². The van der Waals surface area contributed by atoms with Crippen molar-refractivity contribution in [2.45, 2.75) is 44.4 Å². The van der Waals surface area contributed by atoms with Gasteiger partial charge >= 0.3 is 0 Å². The third-order valence-electron chi connectivity index (χ3n) is 5.38. The number of amides is 1. The van der Waals surface area contributed by atoms with Gasteiger partial charge in [-0.1, -0.05) is 25.0 Å². The molecule has 0 aliphatic carbocycles. The van der Waals surface area contributed by atoms with Crippen LogP contribution in [0.5, 0.6) is 0 Å². The van der Waals surface area contributed by atoms with E-state index in [4.69, 9.17) is 0 Å². The Morgan fingerprint density at radius 3 is 2.37 bits per heavy atom. The molecule has 160 valence electrons. The number of nitro benzene ring substituents is 1. The Morgan fingerprint density at radius 2 is 1.73 bits per heavy atom. The maximum absolute atomic E-state index is 13.2. The number of hydrogen-bond donors (Lipinski definition) is 1. The summed E-state index contributed by atoms with van der Waals surface area (Å²) in [6.45, 7) is 4.21. The van der Waals surface area contributed by atoms with E-state index in [0.717, 1.165) is 25.7 Å². The molecule has 8 nitrogen and oxygen atoms in total. The molecule has 1 fully saturated rings. The van der Waals surface area contributed by atoms with Crippen molar-refractivity contribution in [3.63, 3.8) is 0 Å². The van der Waals surface area contributed by atoms with Crippen LogP contribution in [0.15, 0.2) is 41.3 Å². The van der Waals surface area contributed by atoms with Gasteiger partial charge in [-0.05, 0) is 50.5 Å². The molecule has 1 N–H and O–H groups in total. The molecular formula is C21H25N3O5S. The van der Waals surface area contributed by atoms with Crippen molar-refractivity contribution >= 4 is 27.3 Å². The van der Waals surface area contributed by atoms with E-state index in [9.17, 15) is 23.3 Å². The van der Waals surface area contributed by atoms with Crippen LogP contribution in [0.25, 0.3) is 0 Å². The molecule has 0 unspecified atom stereocenters. The van der Waals surface area contributed by atoms with Gasteiger partial charge in [0.15, 0.2) is 0 Å². The summed E-state index contributed by atoms with van der Waals surface area (Å²) in [5.41, 5.74) is 1.30. The molecule has 0 atom stereocenters. The Hall–Kier alpha value is -2.78. The highest BCUT2D eigenvalue weighted by atomic mass is 32.2. The summed E-state index contributed by atoms with van der Waals surface area (Å²) in [5, 5.41) is 13.8. The first-order valence-corrected chi connectivity index (χ1v) is 11.3. The number of nitrogens with zero attached hydrogens (tertiary/aromatic N) is 2. The van der Waals surface area contributed by atoms with Gasteiger partial charge in [-0.15, -0.1) is 0 Å². The normalized spacial score (nSPS) is 15.4. The van der Waals surface area contributed by atoms with Gasteiger partial charge in [0.25, 0.3) is 11.6 Å². The number of hydrogen-bond acceptors (Lipinski definition) is 5. The molecule has 0 spiro atoms. The maximum atomic E-state index is 13.2. The van der Waals surface area contributed by atoms with Gasteiger partial charge in [0.05, 0.1) is 21.1 Å². The Morgan fingerprint density at radius 1 is 1.07 bits per heavy atom. The van der Waals surface area contributed by atoms with Crippen LogP contribution in [0.3, 0.4) is 0 Å². The first kappa shape index (κ1) is 21.9. The molecule has 30 heavy (non-hydrogen) atoms. The summed E-state index contributed by atoms with van der Waals surface area (Å²) in [6.07, 6.45) is 3.67. The summed E-state index contributed by atoms with van der Waals surface area (Å²) in [4.78, 5) is 23.5. The lowest BCUT2D eigenvalue weighted by Gasteiger charge is -2.21. The fraction of sp³-hybridized carbons (Fsp3) is 0.381. The minimum Gasteiger partial charge on any atom is -0.321 e. The zero-order valence-electron chi connectivity index (χ0n) is 17.1. The predicted molar refractivity (Wildman–Crippen MR) is 114 cm³/mol. The summed E-state index contributed by atoms with van der Waals surface area (Å²) in [6, 6.07) is 8.98. The molecule has 2 aromatic carbocycles. The van der Waals surface area contributed by atoms with E-state index in [0.29, 0.717) is 29.9 Å².